The van der Waals surface area contributed by atoms with E-state index in [1.54, 1.807) is 0 Å². The molecule has 1 aliphatic rings. The van der Waals surface area contributed by atoms with Crippen LogP contribution in [0.1, 0.15) is 37.4 Å². The Bertz CT molecular complexity index is 532. The van der Waals surface area contributed by atoms with Gasteiger partial charge in [0.05, 0.1) is 0 Å². The van der Waals surface area contributed by atoms with Gasteiger partial charge in [0.2, 0.25) is 11.8 Å². The molecule has 0 spiro atoms. The maximum absolute atomic E-state index is 11.7. The number of hydrogen-bond donors (Lipinski definition) is 1. The SMILES string of the molecule is CC(C(N)=O)S(=O)(=O)Cc1nc(C2CC2)no1. The van der Waals surface area contributed by atoms with E-state index in [0.29, 0.717) is 11.7 Å². The van der Waals surface area contributed by atoms with Crippen molar-refractivity contribution in [3.8, 4) is 0 Å². The number of nitrogens with two attached hydrogens (primary N) is 1. The summed E-state index contributed by atoms with van der Waals surface area (Å²) < 4.78 is 28.3. The van der Waals surface area contributed by atoms with Gasteiger partial charge in [-0.05, 0) is 19.8 Å². The largest absolute Gasteiger partial charge is 0.369 e. The molecule has 1 aliphatic carbocycles. The average molecular weight is 259 g/mol. The third-order valence-corrected chi connectivity index (χ3v) is 4.65. The smallest absolute Gasteiger partial charge is 0.241 e. The Labute approximate surface area is 98.3 Å². The van der Waals surface area contributed by atoms with Gasteiger partial charge in [0, 0.05) is 5.92 Å². The predicted molar refractivity (Wildman–Crippen MR) is 57.6 cm³/mol. The van der Waals surface area contributed by atoms with Crippen molar-refractivity contribution in [2.75, 3.05) is 0 Å². The van der Waals surface area contributed by atoms with Crippen LogP contribution in [0.25, 0.3) is 0 Å². The van der Waals surface area contributed by atoms with Crippen molar-refractivity contribution in [3.05, 3.63) is 11.7 Å². The van der Waals surface area contributed by atoms with Crippen molar-refractivity contribution in [2.24, 2.45) is 5.73 Å². The Kier molecular flexibility index (Phi) is 2.90. The van der Waals surface area contributed by atoms with E-state index in [1.165, 1.54) is 6.92 Å². The minimum Gasteiger partial charge on any atom is -0.369 e. The van der Waals surface area contributed by atoms with Gasteiger partial charge in [-0.1, -0.05) is 5.16 Å². The second-order valence-corrected chi connectivity index (χ2v) is 6.49. The number of sulfone groups is 1. The fourth-order valence-corrected chi connectivity index (χ4v) is 2.37. The lowest BCUT2D eigenvalue weighted by Gasteiger charge is -2.06. The molecular formula is C9H13N3O4S. The van der Waals surface area contributed by atoms with Gasteiger partial charge in [-0.2, -0.15) is 4.98 Å². The summed E-state index contributed by atoms with van der Waals surface area (Å²) in [5.74, 6) is -0.478. The number of carbonyl (C=O) groups excluding carboxylic acids is 1. The van der Waals surface area contributed by atoms with Crippen molar-refractivity contribution in [3.63, 3.8) is 0 Å². The first-order chi connectivity index (χ1) is 7.90. The molecule has 1 atom stereocenters. The number of primary amides is 1. The molecule has 0 aromatic carbocycles. The molecule has 1 aromatic rings. The van der Waals surface area contributed by atoms with Gasteiger partial charge in [0.1, 0.15) is 11.0 Å². The molecule has 2 rings (SSSR count). The quantitative estimate of drug-likeness (QED) is 0.778. The van der Waals surface area contributed by atoms with Crippen LogP contribution in [0.15, 0.2) is 4.52 Å². The number of rotatable bonds is 5. The Morgan fingerprint density at radius 1 is 1.59 bits per heavy atom. The minimum atomic E-state index is -3.68. The lowest BCUT2D eigenvalue weighted by molar-refractivity contribution is -0.117. The van der Waals surface area contributed by atoms with Gasteiger partial charge in [-0.15, -0.1) is 0 Å². The van der Waals surface area contributed by atoms with Crippen LogP contribution >= 0.6 is 0 Å². The molecule has 1 unspecified atom stereocenters. The topological polar surface area (TPSA) is 116 Å². The van der Waals surface area contributed by atoms with Crippen molar-refractivity contribution in [1.82, 2.24) is 10.1 Å². The second-order valence-electron chi connectivity index (χ2n) is 4.17. The molecule has 0 aliphatic heterocycles. The number of hydrogen-bond acceptors (Lipinski definition) is 6. The molecule has 2 N–H and O–H groups in total. The number of carbonyl (C=O) groups is 1. The maximum Gasteiger partial charge on any atom is 0.241 e. The van der Waals surface area contributed by atoms with Gasteiger partial charge >= 0.3 is 0 Å². The van der Waals surface area contributed by atoms with Crippen LogP contribution in [0.4, 0.5) is 0 Å². The summed E-state index contributed by atoms with van der Waals surface area (Å²) in [7, 11) is -3.68. The Morgan fingerprint density at radius 2 is 2.24 bits per heavy atom. The molecule has 8 heteroatoms. The van der Waals surface area contributed by atoms with E-state index in [9.17, 15) is 13.2 Å². The highest BCUT2D eigenvalue weighted by Gasteiger charge is 2.32. The summed E-state index contributed by atoms with van der Waals surface area (Å²) in [5.41, 5.74) is 4.95. The minimum absolute atomic E-state index is 0.0139. The van der Waals surface area contributed by atoms with E-state index in [4.69, 9.17) is 10.3 Å². The summed E-state index contributed by atoms with van der Waals surface area (Å²) in [6.45, 7) is 1.25. The first-order valence-corrected chi connectivity index (χ1v) is 6.95. The Morgan fingerprint density at radius 3 is 2.76 bits per heavy atom. The second kappa shape index (κ2) is 4.10. The van der Waals surface area contributed by atoms with Crippen molar-refractivity contribution in [2.45, 2.75) is 36.7 Å². The van der Waals surface area contributed by atoms with Gasteiger partial charge in [0.15, 0.2) is 15.7 Å². The third kappa shape index (κ3) is 2.63. The molecule has 0 radical (unpaired) electrons. The molecule has 0 bridgehead atoms. The van der Waals surface area contributed by atoms with E-state index in [2.05, 4.69) is 10.1 Å². The summed E-state index contributed by atoms with van der Waals surface area (Å²) in [4.78, 5) is 14.8. The molecule has 1 amide bonds. The van der Waals surface area contributed by atoms with Gasteiger partial charge in [-0.3, -0.25) is 4.79 Å². The molecule has 0 saturated heterocycles. The number of nitrogens with zero attached hydrogens (tertiary/aromatic N) is 2. The lowest BCUT2D eigenvalue weighted by Crippen LogP contribution is -2.34. The molecule has 1 aromatic heterocycles. The van der Waals surface area contributed by atoms with Crippen LogP contribution in [0.5, 0.6) is 0 Å². The zero-order valence-corrected chi connectivity index (χ0v) is 10.1. The first kappa shape index (κ1) is 12.0. The van der Waals surface area contributed by atoms with Crippen LogP contribution in [0, 0.1) is 0 Å². The van der Waals surface area contributed by atoms with Gasteiger partial charge in [-0.25, -0.2) is 8.42 Å². The molecule has 1 heterocycles. The highest BCUT2D eigenvalue weighted by Crippen LogP contribution is 2.38. The monoisotopic (exact) mass is 259 g/mol. The standard InChI is InChI=1S/C9H13N3O4S/c1-5(8(10)13)17(14,15)4-7-11-9(12-16-7)6-2-3-6/h5-6H,2-4H2,1H3,(H2,10,13). The van der Waals surface area contributed by atoms with Crippen molar-refractivity contribution in [1.29, 1.82) is 0 Å². The van der Waals surface area contributed by atoms with E-state index >= 15 is 0 Å². The van der Waals surface area contributed by atoms with Crippen molar-refractivity contribution < 1.29 is 17.7 Å². The fraction of sp³-hybridized carbons (Fsp3) is 0.667. The fourth-order valence-electron chi connectivity index (χ4n) is 1.31. The van der Waals surface area contributed by atoms with Crippen molar-refractivity contribution >= 4 is 15.7 Å². The maximum atomic E-state index is 11.7. The van der Waals surface area contributed by atoms with Crippen LogP contribution < -0.4 is 5.73 Å². The van der Waals surface area contributed by atoms with E-state index in [1.807, 2.05) is 0 Å². The van der Waals surface area contributed by atoms with Gasteiger partial charge in [0.25, 0.3) is 0 Å². The van der Waals surface area contributed by atoms with Crippen LogP contribution in [-0.2, 0) is 20.4 Å². The lowest BCUT2D eigenvalue weighted by atomic mass is 10.4. The summed E-state index contributed by atoms with van der Waals surface area (Å²) in [6, 6.07) is 0. The third-order valence-electron chi connectivity index (χ3n) is 2.69. The molecule has 7 nitrogen and oxygen atoms in total. The summed E-state index contributed by atoms with van der Waals surface area (Å²) >= 11 is 0. The Hall–Kier alpha value is -1.44. The average Bonchev–Trinajstić information content (AvgIpc) is 2.99. The molecule has 1 saturated carbocycles. The molecule has 94 valence electrons. The van der Waals surface area contributed by atoms with Crippen LogP contribution in [-0.4, -0.2) is 29.7 Å². The summed E-state index contributed by atoms with van der Waals surface area (Å²) in [5, 5.41) is 2.45. The van der Waals surface area contributed by atoms with E-state index < -0.39 is 26.7 Å². The van der Waals surface area contributed by atoms with E-state index in [-0.39, 0.29) is 5.89 Å². The molecular weight excluding hydrogens is 246 g/mol. The molecule has 17 heavy (non-hydrogen) atoms. The first-order valence-electron chi connectivity index (χ1n) is 5.23. The summed E-state index contributed by atoms with van der Waals surface area (Å²) in [6.07, 6.45) is 2.01. The normalized spacial score (nSPS) is 17.9. The molecule has 1 fully saturated rings. The Balaban J connectivity index is 2.11. The number of amides is 1. The highest BCUT2D eigenvalue weighted by molar-refractivity contribution is 7.91. The van der Waals surface area contributed by atoms with E-state index in [0.717, 1.165) is 12.8 Å². The zero-order valence-electron chi connectivity index (χ0n) is 9.29. The zero-order chi connectivity index (χ0) is 12.6. The van der Waals surface area contributed by atoms with Gasteiger partial charge < -0.3 is 10.3 Å². The highest BCUT2D eigenvalue weighted by atomic mass is 32.2. The van der Waals surface area contributed by atoms with Crippen LogP contribution in [0.2, 0.25) is 0 Å². The predicted octanol–water partition coefficient (Wildman–Crippen LogP) is -0.264. The van der Waals surface area contributed by atoms with Crippen LogP contribution in [0.3, 0.4) is 0 Å². The number of aromatic nitrogens is 2.